The molecule has 0 fully saturated rings. The highest BCUT2D eigenvalue weighted by Crippen LogP contribution is 2.25. The molecule has 2 aromatic rings. The lowest BCUT2D eigenvalue weighted by Gasteiger charge is -2.02. The van der Waals surface area contributed by atoms with Gasteiger partial charge in [-0.2, -0.15) is 0 Å². The van der Waals surface area contributed by atoms with Crippen molar-refractivity contribution in [2.24, 2.45) is 0 Å². The molecule has 3 heterocycles. The molecule has 1 aliphatic heterocycles. The molecule has 2 aromatic heterocycles. The first-order valence-electron chi connectivity index (χ1n) is 4.87. The number of carbonyl (C=O) groups excluding carboxylic acids is 1. The molecule has 16 heavy (non-hydrogen) atoms. The highest BCUT2D eigenvalue weighted by Gasteiger charge is 2.19. The van der Waals surface area contributed by atoms with Crippen molar-refractivity contribution in [1.82, 2.24) is 15.0 Å². The van der Waals surface area contributed by atoms with Crippen LogP contribution >= 0.6 is 0 Å². The van der Waals surface area contributed by atoms with Crippen molar-refractivity contribution in [2.45, 2.75) is 6.42 Å². The molecular formula is C11H8N4O. The Bertz CT molecular complexity index is 553. The van der Waals surface area contributed by atoms with Gasteiger partial charge >= 0.3 is 0 Å². The van der Waals surface area contributed by atoms with Crippen molar-refractivity contribution in [3.8, 4) is 11.1 Å². The Labute approximate surface area is 91.6 Å². The minimum atomic E-state index is -0.0102. The van der Waals surface area contributed by atoms with Gasteiger partial charge in [0.2, 0.25) is 5.91 Å². The number of hydrogen-bond donors (Lipinski definition) is 1. The molecule has 0 aromatic carbocycles. The van der Waals surface area contributed by atoms with E-state index in [0.29, 0.717) is 12.2 Å². The molecule has 78 valence electrons. The van der Waals surface area contributed by atoms with E-state index >= 15 is 0 Å². The van der Waals surface area contributed by atoms with Gasteiger partial charge < -0.3 is 5.32 Å². The topological polar surface area (TPSA) is 67.8 Å². The molecule has 0 saturated carbocycles. The van der Waals surface area contributed by atoms with E-state index in [9.17, 15) is 4.79 Å². The lowest BCUT2D eigenvalue weighted by atomic mass is 10.1. The SMILES string of the molecule is O=C1Cc2cc(-c3cncnc3)cnc2N1. The Morgan fingerprint density at radius 3 is 2.75 bits per heavy atom. The van der Waals surface area contributed by atoms with Crippen molar-refractivity contribution in [1.29, 1.82) is 0 Å². The average Bonchev–Trinajstić information content (AvgIpc) is 2.69. The number of carbonyl (C=O) groups is 1. The van der Waals surface area contributed by atoms with Crippen LogP contribution in [0.3, 0.4) is 0 Å². The molecule has 0 spiro atoms. The molecular weight excluding hydrogens is 204 g/mol. The Balaban J connectivity index is 2.06. The highest BCUT2D eigenvalue weighted by molar-refractivity contribution is 5.98. The number of fused-ring (bicyclic) bond motifs is 1. The van der Waals surface area contributed by atoms with E-state index in [4.69, 9.17) is 0 Å². The standard InChI is InChI=1S/C11H8N4O/c16-10-2-7-1-8(5-14-11(7)15-10)9-3-12-6-13-4-9/h1,3-6H,2H2,(H,14,15,16). The average molecular weight is 212 g/mol. The van der Waals surface area contributed by atoms with Gasteiger partial charge in [0, 0.05) is 35.3 Å². The Kier molecular flexibility index (Phi) is 1.89. The molecule has 0 saturated heterocycles. The van der Waals surface area contributed by atoms with Crippen LogP contribution in [-0.2, 0) is 11.2 Å². The van der Waals surface area contributed by atoms with Crippen LogP contribution in [0, 0.1) is 0 Å². The van der Waals surface area contributed by atoms with Crippen LogP contribution in [0.1, 0.15) is 5.56 Å². The minimum absolute atomic E-state index is 0.0102. The van der Waals surface area contributed by atoms with E-state index in [1.807, 2.05) is 6.07 Å². The Hall–Kier alpha value is -2.30. The maximum Gasteiger partial charge on any atom is 0.230 e. The van der Waals surface area contributed by atoms with E-state index in [1.54, 1.807) is 18.6 Å². The summed E-state index contributed by atoms with van der Waals surface area (Å²) in [4.78, 5) is 23.3. The zero-order valence-electron chi connectivity index (χ0n) is 8.34. The van der Waals surface area contributed by atoms with Crippen molar-refractivity contribution in [3.63, 3.8) is 0 Å². The van der Waals surface area contributed by atoms with Gasteiger partial charge in [0.05, 0.1) is 6.42 Å². The zero-order chi connectivity index (χ0) is 11.0. The number of nitrogens with zero attached hydrogens (tertiary/aromatic N) is 3. The minimum Gasteiger partial charge on any atom is -0.310 e. The van der Waals surface area contributed by atoms with Gasteiger partial charge in [-0.15, -0.1) is 0 Å². The van der Waals surface area contributed by atoms with Crippen molar-refractivity contribution in [3.05, 3.63) is 36.5 Å². The van der Waals surface area contributed by atoms with Gasteiger partial charge in [-0.3, -0.25) is 4.79 Å². The van der Waals surface area contributed by atoms with Gasteiger partial charge in [-0.25, -0.2) is 15.0 Å². The van der Waals surface area contributed by atoms with Gasteiger partial charge in [0.1, 0.15) is 12.1 Å². The van der Waals surface area contributed by atoms with E-state index < -0.39 is 0 Å². The first-order valence-corrected chi connectivity index (χ1v) is 4.87. The quantitative estimate of drug-likeness (QED) is 0.766. The maximum atomic E-state index is 11.2. The number of amides is 1. The van der Waals surface area contributed by atoms with Crippen LogP contribution in [-0.4, -0.2) is 20.9 Å². The fraction of sp³-hybridized carbons (Fsp3) is 0.0909. The molecule has 5 heteroatoms. The monoisotopic (exact) mass is 212 g/mol. The van der Waals surface area contributed by atoms with Crippen LogP contribution in [0.25, 0.3) is 11.1 Å². The number of anilines is 1. The molecule has 5 nitrogen and oxygen atoms in total. The van der Waals surface area contributed by atoms with E-state index in [2.05, 4.69) is 20.3 Å². The third-order valence-corrected chi connectivity index (χ3v) is 2.47. The van der Waals surface area contributed by atoms with E-state index in [0.717, 1.165) is 16.7 Å². The third kappa shape index (κ3) is 1.42. The fourth-order valence-electron chi connectivity index (χ4n) is 1.71. The van der Waals surface area contributed by atoms with Crippen molar-refractivity contribution < 1.29 is 4.79 Å². The summed E-state index contributed by atoms with van der Waals surface area (Å²) in [7, 11) is 0. The smallest absolute Gasteiger partial charge is 0.230 e. The normalized spacial score (nSPS) is 13.4. The van der Waals surface area contributed by atoms with Gasteiger partial charge in [0.25, 0.3) is 0 Å². The molecule has 1 N–H and O–H groups in total. The van der Waals surface area contributed by atoms with Gasteiger partial charge in [-0.05, 0) is 6.07 Å². The second kappa shape index (κ2) is 3.37. The highest BCUT2D eigenvalue weighted by atomic mass is 16.1. The van der Waals surface area contributed by atoms with Gasteiger partial charge in [0.15, 0.2) is 0 Å². The second-order valence-corrected chi connectivity index (χ2v) is 3.58. The van der Waals surface area contributed by atoms with E-state index in [-0.39, 0.29) is 5.91 Å². The summed E-state index contributed by atoms with van der Waals surface area (Å²) in [6.07, 6.45) is 7.03. The molecule has 1 amide bonds. The van der Waals surface area contributed by atoms with Crippen molar-refractivity contribution in [2.75, 3.05) is 5.32 Å². The fourth-order valence-corrected chi connectivity index (χ4v) is 1.71. The molecule has 0 radical (unpaired) electrons. The first-order chi connectivity index (χ1) is 7.83. The summed E-state index contributed by atoms with van der Waals surface area (Å²) in [6, 6.07) is 1.94. The third-order valence-electron chi connectivity index (χ3n) is 2.47. The molecule has 0 bridgehead atoms. The summed E-state index contributed by atoms with van der Waals surface area (Å²) < 4.78 is 0. The Morgan fingerprint density at radius 2 is 1.94 bits per heavy atom. The van der Waals surface area contributed by atoms with Gasteiger partial charge in [-0.1, -0.05) is 0 Å². The zero-order valence-corrected chi connectivity index (χ0v) is 8.34. The van der Waals surface area contributed by atoms with Crippen LogP contribution in [0.4, 0.5) is 5.82 Å². The van der Waals surface area contributed by atoms with Crippen LogP contribution in [0.5, 0.6) is 0 Å². The first kappa shape index (κ1) is 8.96. The number of pyridine rings is 1. The van der Waals surface area contributed by atoms with Crippen LogP contribution in [0.15, 0.2) is 31.0 Å². The number of nitrogens with one attached hydrogen (secondary N) is 1. The molecule has 3 rings (SSSR count). The molecule has 1 aliphatic rings. The molecule has 0 unspecified atom stereocenters. The predicted octanol–water partition coefficient (Wildman–Crippen LogP) is 1.03. The summed E-state index contributed by atoms with van der Waals surface area (Å²) in [5.41, 5.74) is 2.75. The summed E-state index contributed by atoms with van der Waals surface area (Å²) in [5.74, 6) is 0.648. The summed E-state index contributed by atoms with van der Waals surface area (Å²) >= 11 is 0. The maximum absolute atomic E-state index is 11.2. The number of hydrogen-bond acceptors (Lipinski definition) is 4. The lowest BCUT2D eigenvalue weighted by Crippen LogP contribution is -2.04. The van der Waals surface area contributed by atoms with Crippen molar-refractivity contribution >= 4 is 11.7 Å². The van der Waals surface area contributed by atoms with Crippen LogP contribution < -0.4 is 5.32 Å². The summed E-state index contributed by atoms with van der Waals surface area (Å²) in [5, 5.41) is 2.69. The number of aromatic nitrogens is 3. The Morgan fingerprint density at radius 1 is 1.12 bits per heavy atom. The number of rotatable bonds is 1. The lowest BCUT2D eigenvalue weighted by molar-refractivity contribution is -0.115. The second-order valence-electron chi connectivity index (χ2n) is 3.58. The predicted molar refractivity (Wildman–Crippen MR) is 57.6 cm³/mol. The van der Waals surface area contributed by atoms with Crippen LogP contribution in [0.2, 0.25) is 0 Å². The largest absolute Gasteiger partial charge is 0.310 e. The molecule has 0 aliphatic carbocycles. The summed E-state index contributed by atoms with van der Waals surface area (Å²) in [6.45, 7) is 0. The molecule has 0 atom stereocenters. The van der Waals surface area contributed by atoms with E-state index in [1.165, 1.54) is 6.33 Å².